The Labute approximate surface area is 91.3 Å². The van der Waals surface area contributed by atoms with Crippen LogP contribution in [0.4, 0.5) is 5.95 Å². The van der Waals surface area contributed by atoms with Crippen LogP contribution in [0, 0.1) is 13.8 Å². The molecule has 1 saturated carbocycles. The number of aromatic nitrogens is 2. The zero-order chi connectivity index (χ0) is 10.9. The van der Waals surface area contributed by atoms with Crippen LogP contribution in [0.5, 0.6) is 0 Å². The number of anilines is 1. The van der Waals surface area contributed by atoms with Gasteiger partial charge in [0.1, 0.15) is 0 Å². The molecular weight excluding hydrogens is 186 g/mol. The van der Waals surface area contributed by atoms with E-state index in [0.29, 0.717) is 0 Å². The van der Waals surface area contributed by atoms with Crippen molar-refractivity contribution in [1.82, 2.24) is 9.97 Å². The lowest BCUT2D eigenvalue weighted by Crippen LogP contribution is -2.44. The highest BCUT2D eigenvalue weighted by Gasteiger charge is 2.35. The maximum absolute atomic E-state index is 4.43. The van der Waals surface area contributed by atoms with Gasteiger partial charge in [-0.05, 0) is 45.6 Å². The predicted molar refractivity (Wildman–Crippen MR) is 62.0 cm³/mol. The zero-order valence-electron chi connectivity index (χ0n) is 9.80. The predicted octanol–water partition coefficient (Wildman–Crippen LogP) is 2.84. The highest BCUT2D eigenvalue weighted by molar-refractivity contribution is 5.33. The fourth-order valence-corrected chi connectivity index (χ4v) is 2.19. The Morgan fingerprint density at radius 1 is 1.27 bits per heavy atom. The number of hydrogen-bond donors (Lipinski definition) is 1. The summed E-state index contributed by atoms with van der Waals surface area (Å²) in [6.07, 6.45) is 4.98. The molecule has 15 heavy (non-hydrogen) atoms. The Balaban J connectivity index is 2.16. The maximum atomic E-state index is 4.43. The molecule has 1 fully saturated rings. The number of nitrogens with zero attached hydrogens (tertiary/aromatic N) is 2. The number of nitrogens with one attached hydrogen (secondary N) is 1. The lowest BCUT2D eigenvalue weighted by Gasteiger charge is -2.42. The molecule has 3 nitrogen and oxygen atoms in total. The molecule has 0 saturated heterocycles. The van der Waals surface area contributed by atoms with Gasteiger partial charge < -0.3 is 5.32 Å². The SMILES string of the molecule is CCC1(Nc2nc(C)cc(C)n2)CCC1. The van der Waals surface area contributed by atoms with Crippen molar-refractivity contribution < 1.29 is 0 Å². The van der Waals surface area contributed by atoms with Gasteiger partial charge in [-0.2, -0.15) is 0 Å². The number of hydrogen-bond acceptors (Lipinski definition) is 3. The summed E-state index contributed by atoms with van der Waals surface area (Å²) in [5.74, 6) is 0.800. The molecule has 0 radical (unpaired) electrons. The molecule has 82 valence electrons. The first-order valence-electron chi connectivity index (χ1n) is 5.74. The molecule has 2 rings (SSSR count). The van der Waals surface area contributed by atoms with E-state index < -0.39 is 0 Å². The summed E-state index contributed by atoms with van der Waals surface area (Å²) in [5.41, 5.74) is 2.35. The minimum atomic E-state index is 0.278. The Morgan fingerprint density at radius 2 is 1.87 bits per heavy atom. The van der Waals surface area contributed by atoms with Crippen molar-refractivity contribution in [2.45, 2.75) is 52.0 Å². The summed E-state index contributed by atoms with van der Waals surface area (Å²) in [4.78, 5) is 8.85. The Morgan fingerprint density at radius 3 is 2.27 bits per heavy atom. The molecule has 0 amide bonds. The van der Waals surface area contributed by atoms with E-state index in [9.17, 15) is 0 Å². The maximum Gasteiger partial charge on any atom is 0.223 e. The zero-order valence-corrected chi connectivity index (χ0v) is 9.80. The van der Waals surface area contributed by atoms with Gasteiger partial charge >= 0.3 is 0 Å². The van der Waals surface area contributed by atoms with Gasteiger partial charge in [0, 0.05) is 16.9 Å². The van der Waals surface area contributed by atoms with Gasteiger partial charge in [0.25, 0.3) is 0 Å². The summed E-state index contributed by atoms with van der Waals surface area (Å²) in [6.45, 7) is 6.26. The lowest BCUT2D eigenvalue weighted by atomic mass is 9.75. The van der Waals surface area contributed by atoms with E-state index in [0.717, 1.165) is 23.8 Å². The van der Waals surface area contributed by atoms with Crippen molar-refractivity contribution in [3.63, 3.8) is 0 Å². The standard InChI is InChI=1S/C12H19N3/c1-4-12(6-5-7-12)15-11-13-9(2)8-10(3)14-11/h8H,4-7H2,1-3H3,(H,13,14,15). The minimum Gasteiger partial charge on any atom is -0.349 e. The second kappa shape index (κ2) is 3.80. The van der Waals surface area contributed by atoms with Crippen LogP contribution >= 0.6 is 0 Å². The smallest absolute Gasteiger partial charge is 0.223 e. The Bertz CT molecular complexity index is 330. The van der Waals surface area contributed by atoms with Crippen molar-refractivity contribution in [2.75, 3.05) is 5.32 Å². The molecule has 0 unspecified atom stereocenters. The van der Waals surface area contributed by atoms with Crippen LogP contribution in [0.2, 0.25) is 0 Å². The second-order valence-electron chi connectivity index (χ2n) is 4.59. The van der Waals surface area contributed by atoms with Gasteiger partial charge in [0.05, 0.1) is 0 Å². The molecule has 0 aromatic carbocycles. The van der Waals surface area contributed by atoms with Crippen molar-refractivity contribution in [3.8, 4) is 0 Å². The van der Waals surface area contributed by atoms with Gasteiger partial charge in [0.15, 0.2) is 0 Å². The van der Waals surface area contributed by atoms with Crippen LogP contribution in [0.25, 0.3) is 0 Å². The third kappa shape index (κ3) is 2.11. The van der Waals surface area contributed by atoms with Gasteiger partial charge in [-0.15, -0.1) is 0 Å². The van der Waals surface area contributed by atoms with E-state index in [-0.39, 0.29) is 5.54 Å². The summed E-state index contributed by atoms with van der Waals surface area (Å²) in [6, 6.07) is 2.00. The van der Waals surface area contributed by atoms with Crippen LogP contribution in [0.3, 0.4) is 0 Å². The molecule has 0 atom stereocenters. The summed E-state index contributed by atoms with van der Waals surface area (Å²) < 4.78 is 0. The van der Waals surface area contributed by atoms with Crippen LogP contribution < -0.4 is 5.32 Å². The minimum absolute atomic E-state index is 0.278. The quantitative estimate of drug-likeness (QED) is 0.824. The van der Waals surface area contributed by atoms with Crippen molar-refractivity contribution in [2.24, 2.45) is 0 Å². The summed E-state index contributed by atoms with van der Waals surface area (Å²) in [5, 5.41) is 3.50. The van der Waals surface area contributed by atoms with E-state index in [1.54, 1.807) is 0 Å². The van der Waals surface area contributed by atoms with Crippen molar-refractivity contribution in [1.29, 1.82) is 0 Å². The third-order valence-electron chi connectivity index (χ3n) is 3.35. The molecule has 1 aliphatic carbocycles. The van der Waals surface area contributed by atoms with Crippen LogP contribution in [0.1, 0.15) is 44.0 Å². The van der Waals surface area contributed by atoms with Crippen molar-refractivity contribution >= 4 is 5.95 Å². The third-order valence-corrected chi connectivity index (χ3v) is 3.35. The van der Waals surface area contributed by atoms with Crippen LogP contribution in [-0.4, -0.2) is 15.5 Å². The fraction of sp³-hybridized carbons (Fsp3) is 0.667. The Kier molecular flexibility index (Phi) is 2.63. The first-order valence-corrected chi connectivity index (χ1v) is 5.74. The summed E-state index contributed by atoms with van der Waals surface area (Å²) >= 11 is 0. The highest BCUT2D eigenvalue weighted by Crippen LogP contribution is 2.37. The van der Waals surface area contributed by atoms with Gasteiger partial charge in [-0.25, -0.2) is 9.97 Å². The van der Waals surface area contributed by atoms with Crippen LogP contribution in [0.15, 0.2) is 6.07 Å². The largest absolute Gasteiger partial charge is 0.349 e. The molecule has 1 aromatic heterocycles. The number of rotatable bonds is 3. The van der Waals surface area contributed by atoms with Crippen molar-refractivity contribution in [3.05, 3.63) is 17.5 Å². The topological polar surface area (TPSA) is 37.8 Å². The van der Waals surface area contributed by atoms with Gasteiger partial charge in [0.2, 0.25) is 5.95 Å². The fourth-order valence-electron chi connectivity index (χ4n) is 2.19. The molecule has 1 aromatic rings. The molecule has 0 spiro atoms. The molecule has 1 heterocycles. The molecule has 0 aliphatic heterocycles. The molecule has 1 aliphatic rings. The lowest BCUT2D eigenvalue weighted by molar-refractivity contribution is 0.268. The van der Waals surface area contributed by atoms with Gasteiger partial charge in [-0.1, -0.05) is 6.92 Å². The molecular formula is C12H19N3. The molecule has 0 bridgehead atoms. The van der Waals surface area contributed by atoms with E-state index in [2.05, 4.69) is 22.2 Å². The van der Waals surface area contributed by atoms with E-state index in [1.165, 1.54) is 19.3 Å². The normalized spacial score (nSPS) is 18.3. The average molecular weight is 205 g/mol. The van der Waals surface area contributed by atoms with Crippen LogP contribution in [-0.2, 0) is 0 Å². The monoisotopic (exact) mass is 205 g/mol. The van der Waals surface area contributed by atoms with E-state index in [4.69, 9.17) is 0 Å². The first-order chi connectivity index (χ1) is 7.13. The summed E-state index contributed by atoms with van der Waals surface area (Å²) in [7, 11) is 0. The molecule has 3 heteroatoms. The Hall–Kier alpha value is -1.12. The highest BCUT2D eigenvalue weighted by atomic mass is 15.2. The molecule has 1 N–H and O–H groups in total. The van der Waals surface area contributed by atoms with E-state index in [1.807, 2.05) is 19.9 Å². The average Bonchev–Trinajstić information content (AvgIpc) is 2.10. The first kappa shape index (κ1) is 10.4. The van der Waals surface area contributed by atoms with E-state index >= 15 is 0 Å². The second-order valence-corrected chi connectivity index (χ2v) is 4.59. The number of aryl methyl sites for hydroxylation is 2. The van der Waals surface area contributed by atoms with Gasteiger partial charge in [-0.3, -0.25) is 0 Å².